The molecule has 1 atom stereocenters. The summed E-state index contributed by atoms with van der Waals surface area (Å²) in [5.41, 5.74) is 3.53. The van der Waals surface area contributed by atoms with Crippen LogP contribution < -0.4 is 10.1 Å². The van der Waals surface area contributed by atoms with Gasteiger partial charge in [0, 0.05) is 28.4 Å². The van der Waals surface area contributed by atoms with Gasteiger partial charge in [0.15, 0.2) is 5.78 Å². The van der Waals surface area contributed by atoms with E-state index >= 15 is 0 Å². The van der Waals surface area contributed by atoms with Crippen molar-refractivity contribution in [2.45, 2.75) is 19.4 Å². The van der Waals surface area contributed by atoms with E-state index in [2.05, 4.69) is 12.2 Å². The Kier molecular flexibility index (Phi) is 4.39. The normalized spacial score (nSPS) is 18.2. The molecule has 0 amide bonds. The lowest BCUT2D eigenvalue weighted by molar-refractivity contribution is 0.104. The minimum atomic E-state index is -0.0926. The number of hydrogen-bond donors (Lipinski definition) is 1. The third-order valence-corrected chi connectivity index (χ3v) is 4.17. The molecule has 0 fully saturated rings. The van der Waals surface area contributed by atoms with Gasteiger partial charge in [-0.05, 0) is 43.2 Å². The number of ether oxygens (including phenoxy) is 1. The molecule has 0 radical (unpaired) electrons. The number of carbonyl (C=O) groups is 1. The Morgan fingerprint density at radius 1 is 1.30 bits per heavy atom. The molecule has 1 heterocycles. The summed E-state index contributed by atoms with van der Waals surface area (Å²) in [6.07, 6.45) is 2.54. The second-order valence-corrected chi connectivity index (χ2v) is 6.11. The van der Waals surface area contributed by atoms with Crippen LogP contribution in [0.4, 0.5) is 0 Å². The molecule has 0 aliphatic carbocycles. The van der Waals surface area contributed by atoms with Gasteiger partial charge < -0.3 is 10.1 Å². The van der Waals surface area contributed by atoms with Crippen molar-refractivity contribution >= 4 is 23.1 Å². The zero-order chi connectivity index (χ0) is 16.4. The average Bonchev–Trinajstić information content (AvgIpc) is 2.55. The first kappa shape index (κ1) is 15.6. The molecule has 2 aromatic carbocycles. The lowest BCUT2D eigenvalue weighted by Crippen LogP contribution is -2.32. The van der Waals surface area contributed by atoms with E-state index in [0.29, 0.717) is 16.3 Å². The number of allylic oxidation sites excluding steroid dienone is 1. The highest BCUT2D eigenvalue weighted by Crippen LogP contribution is 2.28. The third kappa shape index (κ3) is 3.25. The number of fused-ring (bicyclic) bond motifs is 1. The van der Waals surface area contributed by atoms with E-state index in [1.807, 2.05) is 30.3 Å². The Morgan fingerprint density at radius 3 is 2.87 bits per heavy atom. The predicted molar refractivity (Wildman–Crippen MR) is 93.1 cm³/mol. The van der Waals surface area contributed by atoms with Crippen LogP contribution in [-0.2, 0) is 6.42 Å². The van der Waals surface area contributed by atoms with Crippen LogP contribution in [0.5, 0.6) is 5.75 Å². The van der Waals surface area contributed by atoms with Crippen LogP contribution in [0.15, 0.2) is 48.5 Å². The van der Waals surface area contributed by atoms with E-state index in [9.17, 15) is 4.79 Å². The number of carbonyl (C=O) groups excluding carboxylic acids is 1. The van der Waals surface area contributed by atoms with Crippen LogP contribution in [0.3, 0.4) is 0 Å². The number of nitrogens with one attached hydrogen (secondary N) is 1. The van der Waals surface area contributed by atoms with Crippen molar-refractivity contribution in [3.8, 4) is 5.75 Å². The highest BCUT2D eigenvalue weighted by atomic mass is 35.5. The lowest BCUT2D eigenvalue weighted by Gasteiger charge is -2.27. The highest BCUT2D eigenvalue weighted by Gasteiger charge is 2.20. The number of halogens is 1. The summed E-state index contributed by atoms with van der Waals surface area (Å²) in [6.45, 7) is 2.10. The fraction of sp³-hybridized carbons (Fsp3) is 0.211. The molecule has 4 heteroatoms. The first-order valence-electron chi connectivity index (χ1n) is 7.53. The Bertz CT molecular complexity index is 783. The zero-order valence-corrected chi connectivity index (χ0v) is 13.9. The summed E-state index contributed by atoms with van der Waals surface area (Å²) in [4.78, 5) is 12.7. The van der Waals surface area contributed by atoms with E-state index in [-0.39, 0.29) is 11.8 Å². The monoisotopic (exact) mass is 327 g/mol. The molecule has 1 unspecified atom stereocenters. The van der Waals surface area contributed by atoms with Crippen LogP contribution in [0.2, 0.25) is 5.02 Å². The van der Waals surface area contributed by atoms with Gasteiger partial charge in [0.1, 0.15) is 5.75 Å². The molecule has 1 aliphatic rings. The van der Waals surface area contributed by atoms with Gasteiger partial charge in [-0.1, -0.05) is 29.8 Å². The van der Waals surface area contributed by atoms with Crippen molar-refractivity contribution in [1.29, 1.82) is 0 Å². The van der Waals surface area contributed by atoms with Crippen LogP contribution in [0.1, 0.15) is 28.4 Å². The summed E-state index contributed by atoms with van der Waals surface area (Å²) >= 11 is 6.12. The number of para-hydroxylation sites is 1. The number of hydrogen-bond acceptors (Lipinski definition) is 3. The van der Waals surface area contributed by atoms with Gasteiger partial charge in [-0.2, -0.15) is 0 Å². The zero-order valence-electron chi connectivity index (χ0n) is 13.1. The van der Waals surface area contributed by atoms with E-state index < -0.39 is 0 Å². The maximum atomic E-state index is 12.7. The highest BCUT2D eigenvalue weighted by molar-refractivity contribution is 6.30. The van der Waals surface area contributed by atoms with Crippen LogP contribution in [-0.4, -0.2) is 18.9 Å². The molecule has 23 heavy (non-hydrogen) atoms. The predicted octanol–water partition coefficient (Wildman–Crippen LogP) is 4.11. The van der Waals surface area contributed by atoms with Gasteiger partial charge in [0.05, 0.1) is 12.7 Å². The second kappa shape index (κ2) is 6.47. The number of benzene rings is 2. The number of ketones is 1. The van der Waals surface area contributed by atoms with Crippen molar-refractivity contribution in [2.24, 2.45) is 0 Å². The van der Waals surface area contributed by atoms with Crippen molar-refractivity contribution in [3.05, 3.63) is 70.3 Å². The molecule has 3 rings (SSSR count). The third-order valence-electron chi connectivity index (χ3n) is 3.94. The standard InChI is InChI=1S/C19H18ClNO2/c1-12-9-13-7-8-14(20)10-16(13)17(21-12)11-18(22)15-5-3-4-6-19(15)23-2/h3-8,10-12,21H,9H2,1-2H3/b17-11-. The Morgan fingerprint density at radius 2 is 2.09 bits per heavy atom. The minimum absolute atomic E-state index is 0.0926. The van der Waals surface area contributed by atoms with E-state index in [0.717, 1.165) is 17.7 Å². The van der Waals surface area contributed by atoms with Crippen LogP contribution >= 0.6 is 11.6 Å². The molecule has 1 aliphatic heterocycles. The van der Waals surface area contributed by atoms with E-state index in [4.69, 9.17) is 16.3 Å². The molecule has 0 saturated heterocycles. The average molecular weight is 328 g/mol. The van der Waals surface area contributed by atoms with Crippen molar-refractivity contribution in [2.75, 3.05) is 7.11 Å². The molecular formula is C19H18ClNO2. The molecule has 1 N–H and O–H groups in total. The maximum Gasteiger partial charge on any atom is 0.191 e. The van der Waals surface area contributed by atoms with Gasteiger partial charge in [-0.25, -0.2) is 0 Å². The van der Waals surface area contributed by atoms with Crippen molar-refractivity contribution in [3.63, 3.8) is 0 Å². The fourth-order valence-electron chi connectivity index (χ4n) is 2.88. The summed E-state index contributed by atoms with van der Waals surface area (Å²) in [7, 11) is 1.56. The van der Waals surface area contributed by atoms with Crippen molar-refractivity contribution in [1.82, 2.24) is 5.32 Å². The maximum absolute atomic E-state index is 12.7. The van der Waals surface area contributed by atoms with Gasteiger partial charge in [0.25, 0.3) is 0 Å². The first-order chi connectivity index (χ1) is 11.1. The fourth-order valence-corrected chi connectivity index (χ4v) is 3.05. The summed E-state index contributed by atoms with van der Waals surface area (Å²) in [5, 5.41) is 4.04. The molecule has 2 aromatic rings. The molecule has 0 aromatic heterocycles. The Labute approximate surface area is 140 Å². The molecular weight excluding hydrogens is 310 g/mol. The van der Waals surface area contributed by atoms with Crippen LogP contribution in [0.25, 0.3) is 5.70 Å². The largest absolute Gasteiger partial charge is 0.496 e. The minimum Gasteiger partial charge on any atom is -0.496 e. The quantitative estimate of drug-likeness (QED) is 0.681. The van der Waals surface area contributed by atoms with Gasteiger partial charge in [0.2, 0.25) is 0 Å². The molecule has 0 saturated carbocycles. The lowest BCUT2D eigenvalue weighted by atomic mass is 9.93. The van der Waals surface area contributed by atoms with E-state index in [1.165, 1.54) is 5.56 Å². The van der Waals surface area contributed by atoms with Gasteiger partial charge in [-0.3, -0.25) is 4.79 Å². The molecule has 3 nitrogen and oxygen atoms in total. The van der Waals surface area contributed by atoms with Gasteiger partial charge in [-0.15, -0.1) is 0 Å². The number of rotatable bonds is 3. The smallest absolute Gasteiger partial charge is 0.191 e. The second-order valence-electron chi connectivity index (χ2n) is 5.67. The SMILES string of the molecule is COc1ccccc1C(=O)/C=C1\NC(C)Cc2ccc(Cl)cc21. The molecule has 118 valence electrons. The number of methoxy groups -OCH3 is 1. The van der Waals surface area contributed by atoms with Crippen molar-refractivity contribution < 1.29 is 9.53 Å². The molecule has 0 bridgehead atoms. The topological polar surface area (TPSA) is 38.3 Å². The van der Waals surface area contributed by atoms with E-state index in [1.54, 1.807) is 25.3 Å². The Hall–Kier alpha value is -2.26. The van der Waals surface area contributed by atoms with Crippen LogP contribution in [0, 0.1) is 0 Å². The summed E-state index contributed by atoms with van der Waals surface area (Å²) in [5.74, 6) is 0.481. The Balaban J connectivity index is 2.02. The summed E-state index contributed by atoms with van der Waals surface area (Å²) < 4.78 is 5.27. The first-order valence-corrected chi connectivity index (χ1v) is 7.90. The van der Waals surface area contributed by atoms with Gasteiger partial charge >= 0.3 is 0 Å². The molecule has 0 spiro atoms. The summed E-state index contributed by atoms with van der Waals surface area (Å²) in [6, 6.07) is 13.3.